The minimum Gasteiger partial charge on any atom is -0.377 e. The van der Waals surface area contributed by atoms with Crippen LogP contribution in [0.1, 0.15) is 26.7 Å². The van der Waals surface area contributed by atoms with E-state index in [0.717, 1.165) is 26.1 Å². The summed E-state index contributed by atoms with van der Waals surface area (Å²) < 4.78 is 17.1. The fourth-order valence-corrected chi connectivity index (χ4v) is 2.80. The Labute approximate surface area is 99.6 Å². The molecule has 0 saturated carbocycles. The van der Waals surface area contributed by atoms with Crippen molar-refractivity contribution >= 4 is 15.9 Å². The third-order valence-electron chi connectivity index (χ3n) is 2.98. The largest absolute Gasteiger partial charge is 0.377 e. The lowest BCUT2D eigenvalue weighted by molar-refractivity contribution is -0.120. The maximum Gasteiger partial charge on any atom is 0.0959 e. The summed E-state index contributed by atoms with van der Waals surface area (Å²) >= 11 is 3.58. The van der Waals surface area contributed by atoms with Crippen LogP contribution in [-0.2, 0) is 14.2 Å². The molecular weight excluding hydrogens is 260 g/mol. The van der Waals surface area contributed by atoms with Gasteiger partial charge in [-0.3, -0.25) is 0 Å². The van der Waals surface area contributed by atoms with Crippen molar-refractivity contribution in [2.75, 3.05) is 13.2 Å². The number of hydrogen-bond acceptors (Lipinski definition) is 3. The molecule has 4 heteroatoms. The highest BCUT2D eigenvalue weighted by Gasteiger charge is 2.32. The molecule has 0 aromatic heterocycles. The Morgan fingerprint density at radius 3 is 2.33 bits per heavy atom. The summed E-state index contributed by atoms with van der Waals surface area (Å²) in [6.45, 7) is 5.71. The maximum atomic E-state index is 6.05. The molecule has 0 aromatic rings. The SMILES string of the molecule is CC1CC(OC2COCC2Br)CC(C)O1. The van der Waals surface area contributed by atoms with E-state index in [4.69, 9.17) is 14.2 Å². The molecule has 15 heavy (non-hydrogen) atoms. The number of rotatable bonds is 2. The Hall–Kier alpha value is 0.360. The number of alkyl halides is 1. The molecular formula is C11H19BrO3. The second kappa shape index (κ2) is 5.13. The van der Waals surface area contributed by atoms with E-state index in [1.165, 1.54) is 0 Å². The smallest absolute Gasteiger partial charge is 0.0959 e. The van der Waals surface area contributed by atoms with E-state index in [-0.39, 0.29) is 6.10 Å². The van der Waals surface area contributed by atoms with Crippen LogP contribution in [0.3, 0.4) is 0 Å². The molecule has 2 saturated heterocycles. The summed E-state index contributed by atoms with van der Waals surface area (Å²) in [5.74, 6) is 0. The van der Waals surface area contributed by atoms with E-state index in [9.17, 15) is 0 Å². The number of hydrogen-bond donors (Lipinski definition) is 0. The zero-order valence-electron chi connectivity index (χ0n) is 9.32. The molecule has 0 aromatic carbocycles. The van der Waals surface area contributed by atoms with Crippen molar-refractivity contribution in [2.45, 2.75) is 55.9 Å². The van der Waals surface area contributed by atoms with E-state index in [2.05, 4.69) is 29.8 Å². The molecule has 88 valence electrons. The van der Waals surface area contributed by atoms with Crippen LogP contribution in [0.5, 0.6) is 0 Å². The first-order valence-electron chi connectivity index (χ1n) is 5.68. The molecule has 0 bridgehead atoms. The Balaban J connectivity index is 1.83. The van der Waals surface area contributed by atoms with Crippen molar-refractivity contribution < 1.29 is 14.2 Å². The second-order valence-corrected chi connectivity index (χ2v) is 5.75. The van der Waals surface area contributed by atoms with Crippen molar-refractivity contribution in [1.29, 1.82) is 0 Å². The molecule has 0 aliphatic carbocycles. The van der Waals surface area contributed by atoms with Gasteiger partial charge in [-0.05, 0) is 26.7 Å². The van der Waals surface area contributed by atoms with Gasteiger partial charge in [0.25, 0.3) is 0 Å². The predicted molar refractivity (Wildman–Crippen MR) is 61.4 cm³/mol. The fraction of sp³-hybridized carbons (Fsp3) is 1.00. The van der Waals surface area contributed by atoms with Gasteiger partial charge in [0.15, 0.2) is 0 Å². The average molecular weight is 279 g/mol. The van der Waals surface area contributed by atoms with Crippen LogP contribution in [0, 0.1) is 0 Å². The normalized spacial score (nSPS) is 47.0. The van der Waals surface area contributed by atoms with Crippen LogP contribution >= 0.6 is 15.9 Å². The van der Waals surface area contributed by atoms with Crippen LogP contribution in [0.25, 0.3) is 0 Å². The van der Waals surface area contributed by atoms with E-state index < -0.39 is 0 Å². The first kappa shape index (κ1) is 11.8. The maximum absolute atomic E-state index is 6.05. The Morgan fingerprint density at radius 2 is 1.80 bits per heavy atom. The lowest BCUT2D eigenvalue weighted by Gasteiger charge is -2.33. The van der Waals surface area contributed by atoms with E-state index in [1.807, 2.05) is 0 Å². The van der Waals surface area contributed by atoms with Crippen LogP contribution in [0.2, 0.25) is 0 Å². The second-order valence-electron chi connectivity index (χ2n) is 4.58. The van der Waals surface area contributed by atoms with Crippen molar-refractivity contribution in [3.63, 3.8) is 0 Å². The molecule has 2 aliphatic rings. The van der Waals surface area contributed by atoms with Gasteiger partial charge in [-0.1, -0.05) is 15.9 Å². The quantitative estimate of drug-likeness (QED) is 0.725. The molecule has 2 fully saturated rings. The van der Waals surface area contributed by atoms with Gasteiger partial charge < -0.3 is 14.2 Å². The summed E-state index contributed by atoms with van der Waals surface area (Å²) in [6, 6.07) is 0. The molecule has 2 heterocycles. The minimum absolute atomic E-state index is 0.215. The van der Waals surface area contributed by atoms with Crippen LogP contribution in [0.15, 0.2) is 0 Å². The summed E-state index contributed by atoms with van der Waals surface area (Å²) in [6.07, 6.45) is 3.17. The van der Waals surface area contributed by atoms with Gasteiger partial charge in [0.05, 0.1) is 42.5 Å². The first-order valence-corrected chi connectivity index (χ1v) is 6.59. The third kappa shape index (κ3) is 3.16. The highest BCUT2D eigenvalue weighted by molar-refractivity contribution is 9.09. The molecule has 3 nitrogen and oxygen atoms in total. The zero-order valence-corrected chi connectivity index (χ0v) is 10.9. The highest BCUT2D eigenvalue weighted by Crippen LogP contribution is 2.26. The Morgan fingerprint density at radius 1 is 1.13 bits per heavy atom. The van der Waals surface area contributed by atoms with E-state index in [1.54, 1.807) is 0 Å². The topological polar surface area (TPSA) is 27.7 Å². The number of halogens is 1. The summed E-state index contributed by atoms with van der Waals surface area (Å²) in [5.41, 5.74) is 0. The van der Waals surface area contributed by atoms with E-state index >= 15 is 0 Å². The Kier molecular flexibility index (Phi) is 4.04. The van der Waals surface area contributed by atoms with Gasteiger partial charge >= 0.3 is 0 Å². The standard InChI is InChI=1S/C11H19BrO3/c1-7-3-9(4-8(2)14-7)15-11-6-13-5-10(11)12/h7-11H,3-6H2,1-2H3. The molecule has 0 amide bonds. The average Bonchev–Trinajstić information content (AvgIpc) is 2.50. The van der Waals surface area contributed by atoms with Gasteiger partial charge in [-0.15, -0.1) is 0 Å². The summed E-state index contributed by atoms with van der Waals surface area (Å²) in [4.78, 5) is 0.353. The summed E-state index contributed by atoms with van der Waals surface area (Å²) in [7, 11) is 0. The lowest BCUT2D eigenvalue weighted by atomic mass is 10.0. The molecule has 2 rings (SSSR count). The molecule has 2 aliphatic heterocycles. The zero-order chi connectivity index (χ0) is 10.8. The van der Waals surface area contributed by atoms with Crippen LogP contribution in [0.4, 0.5) is 0 Å². The highest BCUT2D eigenvalue weighted by atomic mass is 79.9. The van der Waals surface area contributed by atoms with Crippen LogP contribution < -0.4 is 0 Å². The van der Waals surface area contributed by atoms with Crippen molar-refractivity contribution in [1.82, 2.24) is 0 Å². The molecule has 0 N–H and O–H groups in total. The van der Waals surface area contributed by atoms with Gasteiger partial charge in [0, 0.05) is 0 Å². The molecule has 0 radical (unpaired) electrons. The molecule has 4 unspecified atom stereocenters. The van der Waals surface area contributed by atoms with Crippen molar-refractivity contribution in [3.05, 3.63) is 0 Å². The number of ether oxygens (including phenoxy) is 3. The van der Waals surface area contributed by atoms with Gasteiger partial charge in [-0.2, -0.15) is 0 Å². The first-order chi connectivity index (χ1) is 7.15. The molecule has 0 spiro atoms. The third-order valence-corrected chi connectivity index (χ3v) is 3.84. The lowest BCUT2D eigenvalue weighted by Crippen LogP contribution is -2.38. The molecule has 4 atom stereocenters. The minimum atomic E-state index is 0.215. The van der Waals surface area contributed by atoms with Gasteiger partial charge in [-0.25, -0.2) is 0 Å². The van der Waals surface area contributed by atoms with Gasteiger partial charge in [0.2, 0.25) is 0 Å². The van der Waals surface area contributed by atoms with E-state index in [0.29, 0.717) is 23.1 Å². The predicted octanol–water partition coefficient (Wildman–Crippen LogP) is 2.12. The Bertz CT molecular complexity index is 202. The fourth-order valence-electron chi connectivity index (χ4n) is 2.34. The summed E-state index contributed by atoms with van der Waals surface area (Å²) in [5, 5.41) is 0. The van der Waals surface area contributed by atoms with Gasteiger partial charge in [0.1, 0.15) is 0 Å². The van der Waals surface area contributed by atoms with Crippen LogP contribution in [-0.4, -0.2) is 42.5 Å². The monoisotopic (exact) mass is 278 g/mol. The van der Waals surface area contributed by atoms with Crippen molar-refractivity contribution in [3.8, 4) is 0 Å². The van der Waals surface area contributed by atoms with Crippen molar-refractivity contribution in [2.24, 2.45) is 0 Å².